The summed E-state index contributed by atoms with van der Waals surface area (Å²) >= 11 is 1.74. The van der Waals surface area contributed by atoms with E-state index in [0.29, 0.717) is 12.1 Å². The Kier molecular flexibility index (Phi) is 8.09. The van der Waals surface area contributed by atoms with Crippen LogP contribution in [0.3, 0.4) is 0 Å². The van der Waals surface area contributed by atoms with E-state index < -0.39 is 0 Å². The van der Waals surface area contributed by atoms with Crippen molar-refractivity contribution in [2.24, 2.45) is 0 Å². The van der Waals surface area contributed by atoms with Gasteiger partial charge in [-0.2, -0.15) is 11.8 Å². The van der Waals surface area contributed by atoms with Crippen LogP contribution in [0.25, 0.3) is 0 Å². The van der Waals surface area contributed by atoms with Crippen LogP contribution in [0, 0.1) is 0 Å². The molecule has 0 unspecified atom stereocenters. The second kappa shape index (κ2) is 9.69. The minimum atomic E-state index is -0.0423. The summed E-state index contributed by atoms with van der Waals surface area (Å²) in [6, 6.07) is 7.52. The first kappa shape index (κ1) is 15.9. The molecule has 0 aliphatic carbocycles. The van der Waals surface area contributed by atoms with Crippen LogP contribution in [0.2, 0.25) is 0 Å². The zero-order valence-corrected chi connectivity index (χ0v) is 12.1. The molecule has 0 aromatic heterocycles. The number of aliphatic hydroxyl groups is 1. The molecule has 0 aliphatic rings. The third-order valence-corrected chi connectivity index (χ3v) is 3.59. The fourth-order valence-electron chi connectivity index (χ4n) is 1.63. The first-order valence-corrected chi connectivity index (χ1v) is 7.74. The average Bonchev–Trinajstić information content (AvgIpc) is 2.43. The Bertz CT molecular complexity index is 385. The van der Waals surface area contributed by atoms with Crippen molar-refractivity contribution in [1.29, 1.82) is 0 Å². The van der Waals surface area contributed by atoms with Crippen LogP contribution in [-0.2, 0) is 0 Å². The molecule has 0 atom stereocenters. The van der Waals surface area contributed by atoms with Gasteiger partial charge >= 0.3 is 0 Å². The summed E-state index contributed by atoms with van der Waals surface area (Å²) in [6.07, 6.45) is 0.807. The standard InChI is InChI=1S/C14H22N2O2S/c1-2-15-13-7-4-3-6-12(13)14(18)16-8-11-19-10-5-9-17/h3-4,6-7,15,17H,2,5,8-11H2,1H3,(H,16,18). The van der Waals surface area contributed by atoms with E-state index in [2.05, 4.69) is 10.6 Å². The van der Waals surface area contributed by atoms with Gasteiger partial charge in [-0.3, -0.25) is 4.79 Å². The molecule has 4 nitrogen and oxygen atoms in total. The van der Waals surface area contributed by atoms with Crippen molar-refractivity contribution in [3.63, 3.8) is 0 Å². The van der Waals surface area contributed by atoms with Gasteiger partial charge in [0.25, 0.3) is 5.91 Å². The summed E-state index contributed by atoms with van der Waals surface area (Å²) in [5.74, 6) is 1.76. The molecule has 1 aromatic carbocycles. The van der Waals surface area contributed by atoms with E-state index in [1.54, 1.807) is 11.8 Å². The van der Waals surface area contributed by atoms with Crippen molar-refractivity contribution in [3.05, 3.63) is 29.8 Å². The molecule has 0 fully saturated rings. The Hall–Kier alpha value is -1.20. The Morgan fingerprint density at radius 2 is 2.11 bits per heavy atom. The van der Waals surface area contributed by atoms with Crippen LogP contribution < -0.4 is 10.6 Å². The van der Waals surface area contributed by atoms with Gasteiger partial charge in [0.1, 0.15) is 0 Å². The molecule has 0 saturated carbocycles. The average molecular weight is 282 g/mol. The van der Waals surface area contributed by atoms with Gasteiger partial charge < -0.3 is 15.7 Å². The topological polar surface area (TPSA) is 61.4 Å². The van der Waals surface area contributed by atoms with E-state index in [4.69, 9.17) is 5.11 Å². The van der Waals surface area contributed by atoms with E-state index in [9.17, 15) is 4.79 Å². The lowest BCUT2D eigenvalue weighted by atomic mass is 10.1. The molecule has 0 saturated heterocycles. The number of rotatable bonds is 9. The van der Waals surface area contributed by atoms with E-state index in [1.165, 1.54) is 0 Å². The molecule has 0 bridgehead atoms. The number of carbonyl (C=O) groups excluding carboxylic acids is 1. The van der Waals surface area contributed by atoms with Crippen LogP contribution >= 0.6 is 11.8 Å². The van der Waals surface area contributed by atoms with Crippen molar-refractivity contribution in [3.8, 4) is 0 Å². The summed E-state index contributed by atoms with van der Waals surface area (Å²) in [4.78, 5) is 12.0. The fraction of sp³-hybridized carbons (Fsp3) is 0.500. The van der Waals surface area contributed by atoms with Crippen LogP contribution in [0.5, 0.6) is 0 Å². The maximum absolute atomic E-state index is 12.0. The van der Waals surface area contributed by atoms with Gasteiger partial charge in [0.2, 0.25) is 0 Å². The molecular formula is C14H22N2O2S. The highest BCUT2D eigenvalue weighted by Gasteiger charge is 2.09. The highest BCUT2D eigenvalue weighted by molar-refractivity contribution is 7.99. The largest absolute Gasteiger partial charge is 0.396 e. The van der Waals surface area contributed by atoms with E-state index in [0.717, 1.165) is 30.2 Å². The number of anilines is 1. The van der Waals surface area contributed by atoms with Gasteiger partial charge in [-0.1, -0.05) is 12.1 Å². The number of benzene rings is 1. The van der Waals surface area contributed by atoms with Gasteiger partial charge in [-0.15, -0.1) is 0 Å². The quantitative estimate of drug-likeness (QED) is 0.606. The van der Waals surface area contributed by atoms with Crippen molar-refractivity contribution < 1.29 is 9.90 Å². The molecule has 5 heteroatoms. The monoisotopic (exact) mass is 282 g/mol. The minimum absolute atomic E-state index is 0.0423. The molecule has 3 N–H and O–H groups in total. The zero-order valence-electron chi connectivity index (χ0n) is 11.3. The van der Waals surface area contributed by atoms with Crippen LogP contribution in [-0.4, -0.2) is 42.2 Å². The molecule has 106 valence electrons. The fourth-order valence-corrected chi connectivity index (χ4v) is 2.41. The number of amides is 1. The van der Waals surface area contributed by atoms with E-state index in [-0.39, 0.29) is 12.5 Å². The summed E-state index contributed by atoms with van der Waals surface area (Å²) in [7, 11) is 0. The third-order valence-electron chi connectivity index (χ3n) is 2.52. The predicted molar refractivity (Wildman–Crippen MR) is 82.0 cm³/mol. The smallest absolute Gasteiger partial charge is 0.253 e. The second-order valence-electron chi connectivity index (χ2n) is 4.02. The molecule has 0 aliphatic heterocycles. The minimum Gasteiger partial charge on any atom is -0.396 e. The Morgan fingerprint density at radius 1 is 1.32 bits per heavy atom. The lowest BCUT2D eigenvalue weighted by Crippen LogP contribution is -2.26. The summed E-state index contributed by atoms with van der Waals surface area (Å²) in [5.41, 5.74) is 1.56. The number of hydrogen-bond donors (Lipinski definition) is 3. The van der Waals surface area contributed by atoms with Crippen molar-refractivity contribution in [2.45, 2.75) is 13.3 Å². The zero-order chi connectivity index (χ0) is 13.9. The Balaban J connectivity index is 2.36. The maximum Gasteiger partial charge on any atom is 0.253 e. The Labute approximate surface area is 119 Å². The maximum atomic E-state index is 12.0. The molecule has 1 rings (SSSR count). The molecule has 19 heavy (non-hydrogen) atoms. The lowest BCUT2D eigenvalue weighted by molar-refractivity contribution is 0.0957. The van der Waals surface area contributed by atoms with Crippen LogP contribution in [0.4, 0.5) is 5.69 Å². The molecular weight excluding hydrogens is 260 g/mol. The van der Waals surface area contributed by atoms with Gasteiger partial charge in [-0.05, 0) is 31.2 Å². The first-order valence-electron chi connectivity index (χ1n) is 6.59. The highest BCUT2D eigenvalue weighted by atomic mass is 32.2. The van der Waals surface area contributed by atoms with Gasteiger partial charge in [-0.25, -0.2) is 0 Å². The Morgan fingerprint density at radius 3 is 2.84 bits per heavy atom. The predicted octanol–water partition coefficient (Wildman–Crippen LogP) is 1.96. The lowest BCUT2D eigenvalue weighted by Gasteiger charge is -2.10. The number of hydrogen-bond acceptors (Lipinski definition) is 4. The molecule has 0 radical (unpaired) electrons. The number of nitrogens with one attached hydrogen (secondary N) is 2. The van der Waals surface area contributed by atoms with E-state index in [1.807, 2.05) is 31.2 Å². The SMILES string of the molecule is CCNc1ccccc1C(=O)NCCSCCCO. The second-order valence-corrected chi connectivity index (χ2v) is 5.25. The van der Waals surface area contributed by atoms with Crippen molar-refractivity contribution in [2.75, 3.05) is 36.5 Å². The molecule has 0 spiro atoms. The molecule has 0 heterocycles. The van der Waals surface area contributed by atoms with Crippen molar-refractivity contribution in [1.82, 2.24) is 5.32 Å². The third kappa shape index (κ3) is 5.98. The first-order chi connectivity index (χ1) is 9.29. The number of para-hydroxylation sites is 1. The van der Waals surface area contributed by atoms with Gasteiger partial charge in [0.05, 0.1) is 5.56 Å². The molecule has 1 amide bonds. The summed E-state index contributed by atoms with van der Waals surface area (Å²) < 4.78 is 0. The summed E-state index contributed by atoms with van der Waals surface area (Å²) in [6.45, 7) is 3.68. The van der Waals surface area contributed by atoms with Gasteiger partial charge in [0.15, 0.2) is 0 Å². The normalized spacial score (nSPS) is 10.2. The van der Waals surface area contributed by atoms with Gasteiger partial charge in [0, 0.05) is 31.1 Å². The van der Waals surface area contributed by atoms with Crippen LogP contribution in [0.15, 0.2) is 24.3 Å². The number of carbonyl (C=O) groups is 1. The summed E-state index contributed by atoms with van der Waals surface area (Å²) in [5, 5.41) is 14.7. The van der Waals surface area contributed by atoms with Crippen LogP contribution in [0.1, 0.15) is 23.7 Å². The number of aliphatic hydroxyl groups excluding tert-OH is 1. The van der Waals surface area contributed by atoms with E-state index >= 15 is 0 Å². The highest BCUT2D eigenvalue weighted by Crippen LogP contribution is 2.14. The van der Waals surface area contributed by atoms with Crippen molar-refractivity contribution >= 4 is 23.4 Å². The molecule has 1 aromatic rings. The number of thioether (sulfide) groups is 1.